The minimum Gasteiger partial charge on any atom is -0.457 e. The first kappa shape index (κ1) is 13.3. The molecule has 0 saturated heterocycles. The summed E-state index contributed by atoms with van der Waals surface area (Å²) in [4.78, 5) is 10.8. The van der Waals surface area contributed by atoms with Gasteiger partial charge >= 0.3 is 0 Å². The Morgan fingerprint density at radius 3 is 2.58 bits per heavy atom. The molecule has 0 fully saturated rings. The third-order valence-electron chi connectivity index (χ3n) is 3.10. The quantitative estimate of drug-likeness (QED) is 0.738. The molecule has 0 amide bonds. The maximum absolute atomic E-state index is 10.8. The number of rotatable bonds is 4. The molecule has 0 aliphatic rings. The Morgan fingerprint density at radius 1 is 1.11 bits per heavy atom. The van der Waals surface area contributed by atoms with Gasteiger partial charge in [0.05, 0.1) is 0 Å². The molecular weight excluding hydrogens is 236 g/mol. The summed E-state index contributed by atoms with van der Waals surface area (Å²) in [7, 11) is 0. The molecule has 0 aliphatic heterocycles. The van der Waals surface area contributed by atoms with Crippen molar-refractivity contribution in [3.05, 3.63) is 59.2 Å². The third-order valence-corrected chi connectivity index (χ3v) is 3.10. The topological polar surface area (TPSA) is 26.3 Å². The molecule has 2 rings (SSSR count). The number of hydrogen-bond acceptors (Lipinski definition) is 2. The van der Waals surface area contributed by atoms with E-state index in [9.17, 15) is 4.79 Å². The minimum atomic E-state index is 0.462. The van der Waals surface area contributed by atoms with Crippen LogP contribution in [0.15, 0.2) is 42.5 Å². The lowest BCUT2D eigenvalue weighted by Crippen LogP contribution is -1.93. The van der Waals surface area contributed by atoms with Crippen LogP contribution in [0.3, 0.4) is 0 Å². The minimum absolute atomic E-state index is 0.462. The standard InChI is InChI=1S/C17H18O2/c1-12(2)15-8-7-13(3)17(10-15)19-16-6-4-5-14(9-16)11-18/h4-12H,1-3H3. The van der Waals surface area contributed by atoms with Gasteiger partial charge in [0.25, 0.3) is 0 Å². The van der Waals surface area contributed by atoms with E-state index in [1.165, 1.54) is 5.56 Å². The van der Waals surface area contributed by atoms with Crippen molar-refractivity contribution in [1.82, 2.24) is 0 Å². The van der Waals surface area contributed by atoms with Crippen LogP contribution in [0.25, 0.3) is 0 Å². The molecule has 0 aromatic heterocycles. The van der Waals surface area contributed by atoms with Crippen LogP contribution in [0.2, 0.25) is 0 Å². The lowest BCUT2D eigenvalue weighted by molar-refractivity contribution is 0.112. The normalized spacial score (nSPS) is 10.5. The highest BCUT2D eigenvalue weighted by molar-refractivity contribution is 5.75. The smallest absolute Gasteiger partial charge is 0.150 e. The Balaban J connectivity index is 2.31. The van der Waals surface area contributed by atoms with Crippen molar-refractivity contribution in [2.24, 2.45) is 0 Å². The van der Waals surface area contributed by atoms with Gasteiger partial charge in [-0.2, -0.15) is 0 Å². The zero-order chi connectivity index (χ0) is 13.8. The fraction of sp³-hybridized carbons (Fsp3) is 0.235. The molecule has 0 aliphatic carbocycles. The second kappa shape index (κ2) is 5.70. The molecular formula is C17H18O2. The monoisotopic (exact) mass is 254 g/mol. The van der Waals surface area contributed by atoms with Crippen LogP contribution in [-0.2, 0) is 0 Å². The van der Waals surface area contributed by atoms with Crippen LogP contribution in [0.4, 0.5) is 0 Å². The van der Waals surface area contributed by atoms with E-state index in [1.807, 2.05) is 19.1 Å². The molecule has 19 heavy (non-hydrogen) atoms. The van der Waals surface area contributed by atoms with E-state index in [1.54, 1.807) is 12.1 Å². The summed E-state index contributed by atoms with van der Waals surface area (Å²) in [5.41, 5.74) is 2.95. The Morgan fingerprint density at radius 2 is 1.89 bits per heavy atom. The molecule has 0 bridgehead atoms. The van der Waals surface area contributed by atoms with Crippen molar-refractivity contribution in [3.8, 4) is 11.5 Å². The van der Waals surface area contributed by atoms with Crippen LogP contribution >= 0.6 is 0 Å². The Kier molecular flexibility index (Phi) is 4.00. The zero-order valence-electron chi connectivity index (χ0n) is 11.5. The summed E-state index contributed by atoms with van der Waals surface area (Å²) >= 11 is 0. The lowest BCUT2D eigenvalue weighted by Gasteiger charge is -2.12. The van der Waals surface area contributed by atoms with Crippen LogP contribution in [-0.4, -0.2) is 6.29 Å². The molecule has 0 unspecified atom stereocenters. The average molecular weight is 254 g/mol. The number of aryl methyl sites for hydroxylation is 1. The third kappa shape index (κ3) is 3.22. The van der Waals surface area contributed by atoms with Gasteiger partial charge < -0.3 is 4.74 Å². The van der Waals surface area contributed by atoms with Gasteiger partial charge in [-0.15, -0.1) is 0 Å². The summed E-state index contributed by atoms with van der Waals surface area (Å²) in [6, 6.07) is 13.4. The van der Waals surface area contributed by atoms with E-state index >= 15 is 0 Å². The van der Waals surface area contributed by atoms with E-state index in [2.05, 4.69) is 32.0 Å². The van der Waals surface area contributed by atoms with Gasteiger partial charge in [0.1, 0.15) is 17.8 Å². The molecule has 2 nitrogen and oxygen atoms in total. The fourth-order valence-corrected chi connectivity index (χ4v) is 1.86. The second-order valence-corrected chi connectivity index (χ2v) is 4.97. The summed E-state index contributed by atoms with van der Waals surface area (Å²) in [6.45, 7) is 6.33. The molecule has 0 saturated carbocycles. The molecule has 0 heterocycles. The predicted octanol–water partition coefficient (Wildman–Crippen LogP) is 4.72. The Hall–Kier alpha value is -2.09. The average Bonchev–Trinajstić information content (AvgIpc) is 2.41. The summed E-state index contributed by atoms with van der Waals surface area (Å²) < 4.78 is 5.88. The lowest BCUT2D eigenvalue weighted by atomic mass is 10.0. The maximum atomic E-state index is 10.8. The van der Waals surface area contributed by atoms with Gasteiger partial charge in [0.2, 0.25) is 0 Å². The number of ether oxygens (including phenoxy) is 1. The van der Waals surface area contributed by atoms with Gasteiger partial charge in [-0.05, 0) is 42.2 Å². The van der Waals surface area contributed by atoms with Crippen molar-refractivity contribution in [2.75, 3.05) is 0 Å². The molecule has 2 aromatic rings. The highest BCUT2D eigenvalue weighted by Gasteiger charge is 2.06. The first-order valence-corrected chi connectivity index (χ1v) is 6.44. The molecule has 2 aromatic carbocycles. The van der Waals surface area contributed by atoms with E-state index in [4.69, 9.17) is 4.74 Å². The number of benzene rings is 2. The van der Waals surface area contributed by atoms with Crippen LogP contribution in [0, 0.1) is 6.92 Å². The first-order chi connectivity index (χ1) is 9.10. The Bertz CT molecular complexity index is 586. The van der Waals surface area contributed by atoms with Crippen molar-refractivity contribution < 1.29 is 9.53 Å². The van der Waals surface area contributed by atoms with Crippen LogP contribution < -0.4 is 4.74 Å². The SMILES string of the molecule is Cc1ccc(C(C)C)cc1Oc1cccc(C=O)c1. The van der Waals surface area contributed by atoms with Gasteiger partial charge in [0.15, 0.2) is 0 Å². The van der Waals surface area contributed by atoms with Crippen molar-refractivity contribution in [1.29, 1.82) is 0 Å². The second-order valence-electron chi connectivity index (χ2n) is 4.97. The zero-order valence-corrected chi connectivity index (χ0v) is 11.5. The Labute approximate surface area is 114 Å². The van der Waals surface area contributed by atoms with E-state index < -0.39 is 0 Å². The molecule has 0 N–H and O–H groups in total. The number of carbonyl (C=O) groups excluding carboxylic acids is 1. The maximum Gasteiger partial charge on any atom is 0.150 e. The molecule has 0 spiro atoms. The highest BCUT2D eigenvalue weighted by atomic mass is 16.5. The highest BCUT2D eigenvalue weighted by Crippen LogP contribution is 2.28. The van der Waals surface area contributed by atoms with Crippen LogP contribution in [0.1, 0.15) is 41.3 Å². The van der Waals surface area contributed by atoms with E-state index in [0.717, 1.165) is 17.6 Å². The van der Waals surface area contributed by atoms with Gasteiger partial charge in [-0.1, -0.05) is 38.1 Å². The number of carbonyl (C=O) groups is 1. The summed E-state index contributed by atoms with van der Waals surface area (Å²) in [5, 5.41) is 0. The molecule has 98 valence electrons. The van der Waals surface area contributed by atoms with E-state index in [0.29, 0.717) is 17.2 Å². The van der Waals surface area contributed by atoms with E-state index in [-0.39, 0.29) is 0 Å². The number of aldehydes is 1. The van der Waals surface area contributed by atoms with Crippen LogP contribution in [0.5, 0.6) is 11.5 Å². The largest absolute Gasteiger partial charge is 0.457 e. The molecule has 0 atom stereocenters. The van der Waals surface area contributed by atoms with Gasteiger partial charge in [0, 0.05) is 5.56 Å². The molecule has 2 heteroatoms. The fourth-order valence-electron chi connectivity index (χ4n) is 1.86. The van der Waals surface area contributed by atoms with Crippen molar-refractivity contribution in [2.45, 2.75) is 26.7 Å². The predicted molar refractivity (Wildman–Crippen MR) is 77.2 cm³/mol. The van der Waals surface area contributed by atoms with Gasteiger partial charge in [-0.3, -0.25) is 4.79 Å². The van der Waals surface area contributed by atoms with Crippen molar-refractivity contribution in [3.63, 3.8) is 0 Å². The summed E-state index contributed by atoms with van der Waals surface area (Å²) in [6.07, 6.45) is 0.824. The first-order valence-electron chi connectivity index (χ1n) is 6.44. The van der Waals surface area contributed by atoms with Crippen molar-refractivity contribution >= 4 is 6.29 Å². The molecule has 0 radical (unpaired) electrons. The number of hydrogen-bond donors (Lipinski definition) is 0. The summed E-state index contributed by atoms with van der Waals surface area (Å²) in [5.74, 6) is 1.99. The van der Waals surface area contributed by atoms with Gasteiger partial charge in [-0.25, -0.2) is 0 Å².